The van der Waals surface area contributed by atoms with Crippen LogP contribution < -0.4 is 4.74 Å². The van der Waals surface area contributed by atoms with Crippen LogP contribution in [0, 0.1) is 13.8 Å². The van der Waals surface area contributed by atoms with Gasteiger partial charge in [0.1, 0.15) is 18.5 Å². The maximum Gasteiger partial charge on any atom is 0.241 e. The van der Waals surface area contributed by atoms with E-state index in [1.807, 2.05) is 50.2 Å². The number of aromatic nitrogens is 2. The molecule has 1 fully saturated rings. The highest BCUT2D eigenvalue weighted by Crippen LogP contribution is 2.20. The van der Waals surface area contributed by atoms with Crippen molar-refractivity contribution in [2.24, 2.45) is 0 Å². The van der Waals surface area contributed by atoms with Gasteiger partial charge in [0.05, 0.1) is 6.54 Å². The van der Waals surface area contributed by atoms with Gasteiger partial charge in [-0.25, -0.2) is 0 Å². The van der Waals surface area contributed by atoms with Gasteiger partial charge in [0.15, 0.2) is 0 Å². The highest BCUT2D eigenvalue weighted by Gasteiger charge is 2.21. The van der Waals surface area contributed by atoms with E-state index in [4.69, 9.17) is 20.9 Å². The van der Waals surface area contributed by atoms with Crippen LogP contribution in [0.1, 0.15) is 17.0 Å². The first-order chi connectivity index (χ1) is 15.5. The van der Waals surface area contributed by atoms with Crippen molar-refractivity contribution in [2.45, 2.75) is 26.5 Å². The lowest BCUT2D eigenvalue weighted by molar-refractivity contribution is 0.0425. The van der Waals surface area contributed by atoms with Gasteiger partial charge in [-0.1, -0.05) is 28.9 Å². The number of hydrogen-bond acceptors (Lipinski definition) is 7. The first-order valence-electron chi connectivity index (χ1n) is 10.9. The molecular formula is C24H29ClN4O3. The highest BCUT2D eigenvalue weighted by atomic mass is 35.5. The number of piperazine rings is 1. The number of halogens is 1. The molecule has 0 radical (unpaired) electrons. The second-order valence-corrected chi connectivity index (χ2v) is 8.77. The van der Waals surface area contributed by atoms with Gasteiger partial charge in [0.2, 0.25) is 11.7 Å². The third-order valence-corrected chi connectivity index (χ3v) is 5.89. The fraction of sp³-hybridized carbons (Fsp3) is 0.417. The minimum Gasteiger partial charge on any atom is -0.491 e. The van der Waals surface area contributed by atoms with Crippen molar-refractivity contribution in [1.82, 2.24) is 19.9 Å². The van der Waals surface area contributed by atoms with Gasteiger partial charge in [-0.15, -0.1) is 0 Å². The van der Waals surface area contributed by atoms with E-state index in [0.29, 0.717) is 36.4 Å². The third-order valence-electron chi connectivity index (χ3n) is 5.64. The summed E-state index contributed by atoms with van der Waals surface area (Å²) in [5.41, 5.74) is 3.11. The molecule has 1 unspecified atom stereocenters. The summed E-state index contributed by atoms with van der Waals surface area (Å²) in [6, 6.07) is 13.5. The summed E-state index contributed by atoms with van der Waals surface area (Å²) in [5, 5.41) is 15.2. The monoisotopic (exact) mass is 456 g/mol. The summed E-state index contributed by atoms with van der Waals surface area (Å²) < 4.78 is 11.3. The maximum atomic E-state index is 10.4. The number of aliphatic hydroxyl groups is 1. The Morgan fingerprint density at radius 3 is 2.53 bits per heavy atom. The average Bonchev–Trinajstić information content (AvgIpc) is 3.25. The molecule has 3 aromatic rings. The number of aryl methyl sites for hydroxylation is 2. The number of ether oxygens (including phenoxy) is 1. The molecular weight excluding hydrogens is 428 g/mol. The topological polar surface area (TPSA) is 74.9 Å². The van der Waals surface area contributed by atoms with Crippen LogP contribution in [0.3, 0.4) is 0 Å². The summed E-state index contributed by atoms with van der Waals surface area (Å²) in [6.45, 7) is 9.06. The Hall–Kier alpha value is -2.45. The predicted molar refractivity (Wildman–Crippen MR) is 124 cm³/mol. The second kappa shape index (κ2) is 10.4. The van der Waals surface area contributed by atoms with E-state index in [1.54, 1.807) is 0 Å². The summed E-state index contributed by atoms with van der Waals surface area (Å²) in [7, 11) is 0. The van der Waals surface area contributed by atoms with Gasteiger partial charge in [-0.2, -0.15) is 4.98 Å². The summed E-state index contributed by atoms with van der Waals surface area (Å²) >= 11 is 5.94. The number of rotatable bonds is 8. The predicted octanol–water partition coefficient (Wildman–Crippen LogP) is 3.56. The van der Waals surface area contributed by atoms with Gasteiger partial charge in [-0.3, -0.25) is 9.80 Å². The van der Waals surface area contributed by atoms with Crippen molar-refractivity contribution in [3.63, 3.8) is 0 Å². The van der Waals surface area contributed by atoms with Gasteiger partial charge in [0.25, 0.3) is 0 Å². The number of nitrogens with zero attached hydrogens (tertiary/aromatic N) is 4. The Morgan fingerprint density at radius 1 is 1.06 bits per heavy atom. The molecule has 1 N–H and O–H groups in total. The van der Waals surface area contributed by atoms with Crippen molar-refractivity contribution in [3.05, 3.63) is 64.5 Å². The zero-order valence-corrected chi connectivity index (χ0v) is 19.3. The molecule has 7 nitrogen and oxygen atoms in total. The van der Waals surface area contributed by atoms with E-state index in [1.165, 1.54) is 0 Å². The Bertz CT molecular complexity index is 1020. The molecule has 0 bridgehead atoms. The van der Waals surface area contributed by atoms with E-state index in [9.17, 15) is 5.11 Å². The molecule has 32 heavy (non-hydrogen) atoms. The van der Waals surface area contributed by atoms with Crippen molar-refractivity contribution < 1.29 is 14.4 Å². The molecule has 170 valence electrons. The summed E-state index contributed by atoms with van der Waals surface area (Å²) in [4.78, 5) is 9.06. The third kappa shape index (κ3) is 6.07. The zero-order valence-electron chi connectivity index (χ0n) is 18.5. The molecule has 0 aliphatic carbocycles. The van der Waals surface area contributed by atoms with Crippen molar-refractivity contribution >= 4 is 11.6 Å². The lowest BCUT2D eigenvalue weighted by atomic mass is 10.1. The van der Waals surface area contributed by atoms with Gasteiger partial charge in [-0.05, 0) is 55.3 Å². The van der Waals surface area contributed by atoms with Crippen LogP contribution in [-0.4, -0.2) is 70.5 Å². The molecule has 2 heterocycles. The fourth-order valence-corrected chi connectivity index (χ4v) is 3.88. The SMILES string of the molecule is Cc1ccc(C)c(OCC(O)CN2CCN(Cc3nc(-c4ccc(Cl)cc4)no3)CC2)c1. The first-order valence-corrected chi connectivity index (χ1v) is 11.3. The maximum absolute atomic E-state index is 10.4. The molecule has 0 spiro atoms. The van der Waals surface area contributed by atoms with E-state index >= 15 is 0 Å². The van der Waals surface area contributed by atoms with Crippen LogP contribution in [0.15, 0.2) is 47.0 Å². The van der Waals surface area contributed by atoms with Crippen molar-refractivity contribution in [1.29, 1.82) is 0 Å². The Morgan fingerprint density at radius 2 is 1.78 bits per heavy atom. The molecule has 1 aromatic heterocycles. The molecule has 0 amide bonds. The Labute approximate surface area is 193 Å². The van der Waals surface area contributed by atoms with Crippen molar-refractivity contribution in [3.8, 4) is 17.1 Å². The molecule has 1 saturated heterocycles. The van der Waals surface area contributed by atoms with Gasteiger partial charge in [0, 0.05) is 43.3 Å². The molecule has 1 aliphatic rings. The van der Waals surface area contributed by atoms with Crippen LogP contribution in [-0.2, 0) is 6.54 Å². The normalized spacial score (nSPS) is 16.2. The standard InChI is InChI=1S/C24H29ClN4O3/c1-17-3-4-18(2)22(13-17)31-16-21(30)14-28-9-11-29(12-10-28)15-23-26-24(27-32-23)19-5-7-20(25)8-6-19/h3-8,13,21,30H,9-12,14-16H2,1-2H3. The zero-order chi connectivity index (χ0) is 22.5. The van der Waals surface area contributed by atoms with E-state index in [0.717, 1.165) is 48.6 Å². The van der Waals surface area contributed by atoms with Crippen LogP contribution in [0.4, 0.5) is 0 Å². The van der Waals surface area contributed by atoms with E-state index in [-0.39, 0.29) is 0 Å². The largest absolute Gasteiger partial charge is 0.491 e. The van der Waals surface area contributed by atoms with Crippen LogP contribution in [0.5, 0.6) is 5.75 Å². The quantitative estimate of drug-likeness (QED) is 0.555. The average molecular weight is 457 g/mol. The van der Waals surface area contributed by atoms with Crippen molar-refractivity contribution in [2.75, 3.05) is 39.3 Å². The fourth-order valence-electron chi connectivity index (χ4n) is 3.76. The molecule has 8 heteroatoms. The number of aliphatic hydroxyl groups excluding tert-OH is 1. The van der Waals surface area contributed by atoms with Crippen LogP contribution in [0.2, 0.25) is 5.02 Å². The molecule has 2 aromatic carbocycles. The van der Waals surface area contributed by atoms with Gasteiger partial charge < -0.3 is 14.4 Å². The summed E-state index contributed by atoms with van der Waals surface area (Å²) in [5.74, 6) is 2.01. The van der Waals surface area contributed by atoms with E-state index < -0.39 is 6.10 Å². The van der Waals surface area contributed by atoms with E-state index in [2.05, 4.69) is 26.0 Å². The second-order valence-electron chi connectivity index (χ2n) is 8.33. The first kappa shape index (κ1) is 22.7. The van der Waals surface area contributed by atoms with Crippen LogP contribution in [0.25, 0.3) is 11.4 Å². The molecule has 1 atom stereocenters. The Balaban J connectivity index is 1.20. The molecule has 1 aliphatic heterocycles. The molecule has 0 saturated carbocycles. The number of benzene rings is 2. The summed E-state index contributed by atoms with van der Waals surface area (Å²) in [6.07, 6.45) is -0.528. The molecule has 4 rings (SSSR count). The minimum atomic E-state index is -0.528. The minimum absolute atomic E-state index is 0.292. The Kier molecular flexibility index (Phi) is 7.42. The lowest BCUT2D eigenvalue weighted by Gasteiger charge is -2.34. The van der Waals surface area contributed by atoms with Gasteiger partial charge >= 0.3 is 0 Å². The number of β-amino-alcohol motifs (C(OH)–C–C–N with tert-alkyl or cyclic N) is 1. The lowest BCUT2D eigenvalue weighted by Crippen LogP contribution is -2.48. The number of hydrogen-bond donors (Lipinski definition) is 1. The van der Waals surface area contributed by atoms with Crippen LogP contribution >= 0.6 is 11.6 Å². The smallest absolute Gasteiger partial charge is 0.241 e. The highest BCUT2D eigenvalue weighted by molar-refractivity contribution is 6.30.